The molecule has 0 aliphatic carbocycles. The molecule has 0 unspecified atom stereocenters. The lowest BCUT2D eigenvalue weighted by Crippen LogP contribution is -2.37. The average Bonchev–Trinajstić information content (AvgIpc) is 3.17. The van der Waals surface area contributed by atoms with Gasteiger partial charge in [0.1, 0.15) is 5.82 Å². The van der Waals surface area contributed by atoms with Crippen LogP contribution in [0.25, 0.3) is 16.9 Å². The lowest BCUT2D eigenvalue weighted by Gasteiger charge is -2.13. The van der Waals surface area contributed by atoms with Crippen molar-refractivity contribution < 1.29 is 4.79 Å². The van der Waals surface area contributed by atoms with Gasteiger partial charge in [-0.15, -0.1) is 0 Å². The van der Waals surface area contributed by atoms with Gasteiger partial charge in [0.25, 0.3) is 0 Å². The highest BCUT2D eigenvalue weighted by Gasteiger charge is 2.13. The molecule has 0 atom stereocenters. The number of nitrogens with one attached hydrogen (secondary N) is 3. The Morgan fingerprint density at radius 2 is 1.82 bits per heavy atom. The molecule has 4 rings (SSSR count). The van der Waals surface area contributed by atoms with Crippen molar-refractivity contribution in [3.8, 4) is 11.3 Å². The van der Waals surface area contributed by atoms with Crippen molar-refractivity contribution in [3.63, 3.8) is 0 Å². The molecule has 0 aliphatic heterocycles. The number of benzene rings is 2. The molecule has 4 aromatic rings. The molecule has 2 amide bonds. The molecule has 0 bridgehead atoms. The van der Waals surface area contributed by atoms with Crippen molar-refractivity contribution in [2.45, 2.75) is 6.54 Å². The number of rotatable bonds is 7. The SMILES string of the molecule is O=C(NCCNc1cc(-c2ccccc2Cl)nc2c(Br)cnn12)NCc1ccc(Cl)cc1Cl. The van der Waals surface area contributed by atoms with Gasteiger partial charge >= 0.3 is 6.03 Å². The Balaban J connectivity index is 1.38. The van der Waals surface area contributed by atoms with Gasteiger partial charge in [-0.1, -0.05) is 59.1 Å². The molecule has 11 heteroatoms. The maximum atomic E-state index is 12.1. The van der Waals surface area contributed by atoms with Gasteiger partial charge in [-0.05, 0) is 39.7 Å². The van der Waals surface area contributed by atoms with Crippen molar-refractivity contribution in [1.82, 2.24) is 25.2 Å². The zero-order chi connectivity index (χ0) is 23.4. The first-order chi connectivity index (χ1) is 15.9. The van der Waals surface area contributed by atoms with E-state index in [2.05, 4.69) is 42.0 Å². The number of aromatic nitrogens is 3. The first-order valence-electron chi connectivity index (χ1n) is 9.91. The van der Waals surface area contributed by atoms with E-state index in [-0.39, 0.29) is 6.03 Å². The number of anilines is 1. The van der Waals surface area contributed by atoms with Crippen LogP contribution in [-0.4, -0.2) is 33.7 Å². The smallest absolute Gasteiger partial charge is 0.315 e. The molecular weight excluding hydrogens is 551 g/mol. The highest BCUT2D eigenvalue weighted by Crippen LogP contribution is 2.30. The van der Waals surface area contributed by atoms with Crippen LogP contribution < -0.4 is 16.0 Å². The second-order valence-corrected chi connectivity index (χ2v) is 9.11. The topological polar surface area (TPSA) is 83.3 Å². The van der Waals surface area contributed by atoms with Crippen molar-refractivity contribution >= 4 is 68.2 Å². The summed E-state index contributed by atoms with van der Waals surface area (Å²) in [5.74, 6) is 0.718. The summed E-state index contributed by atoms with van der Waals surface area (Å²) in [7, 11) is 0. The fourth-order valence-corrected chi connectivity index (χ4v) is 4.19. The number of halogens is 4. The minimum Gasteiger partial charge on any atom is -0.368 e. The highest BCUT2D eigenvalue weighted by molar-refractivity contribution is 9.10. The quantitative estimate of drug-likeness (QED) is 0.238. The Kier molecular flexibility index (Phi) is 7.60. The van der Waals surface area contributed by atoms with E-state index in [1.807, 2.05) is 30.3 Å². The normalized spacial score (nSPS) is 10.9. The number of urea groups is 1. The van der Waals surface area contributed by atoms with Crippen LogP contribution in [0.15, 0.2) is 59.2 Å². The molecular formula is C22H18BrCl3N6O. The monoisotopic (exact) mass is 566 g/mol. The maximum Gasteiger partial charge on any atom is 0.315 e. The average molecular weight is 569 g/mol. The Labute approximate surface area is 213 Å². The van der Waals surface area contributed by atoms with Gasteiger partial charge in [-0.3, -0.25) is 0 Å². The van der Waals surface area contributed by atoms with Gasteiger partial charge in [-0.2, -0.15) is 9.61 Å². The van der Waals surface area contributed by atoms with Gasteiger partial charge in [-0.25, -0.2) is 9.78 Å². The number of nitrogens with zero attached hydrogens (tertiary/aromatic N) is 3. The summed E-state index contributed by atoms with van der Waals surface area (Å²) in [6, 6.07) is 14.2. The summed E-state index contributed by atoms with van der Waals surface area (Å²) in [6.07, 6.45) is 1.68. The second-order valence-electron chi connectivity index (χ2n) is 7.01. The predicted octanol–water partition coefficient (Wildman–Crippen LogP) is 6.03. The summed E-state index contributed by atoms with van der Waals surface area (Å²) in [5.41, 5.74) is 2.96. The third kappa shape index (κ3) is 5.70. The molecule has 33 heavy (non-hydrogen) atoms. The number of carbonyl (C=O) groups excluding carboxylic acids is 1. The number of hydrogen-bond donors (Lipinski definition) is 3. The zero-order valence-electron chi connectivity index (χ0n) is 17.1. The number of fused-ring (bicyclic) bond motifs is 1. The first-order valence-corrected chi connectivity index (χ1v) is 11.8. The largest absolute Gasteiger partial charge is 0.368 e. The third-order valence-electron chi connectivity index (χ3n) is 4.75. The Morgan fingerprint density at radius 3 is 2.61 bits per heavy atom. The Bertz CT molecular complexity index is 1310. The van der Waals surface area contributed by atoms with Gasteiger partial charge < -0.3 is 16.0 Å². The van der Waals surface area contributed by atoms with Gasteiger partial charge in [0.2, 0.25) is 0 Å². The van der Waals surface area contributed by atoms with Crippen LogP contribution in [0.4, 0.5) is 10.6 Å². The van der Waals surface area contributed by atoms with Crippen molar-refractivity contribution in [1.29, 1.82) is 0 Å². The van der Waals surface area contributed by atoms with Crippen LogP contribution in [0.1, 0.15) is 5.56 Å². The maximum absolute atomic E-state index is 12.1. The number of amides is 2. The summed E-state index contributed by atoms with van der Waals surface area (Å²) >= 11 is 21.9. The molecule has 0 spiro atoms. The molecule has 0 saturated heterocycles. The van der Waals surface area contributed by atoms with E-state index in [0.717, 1.165) is 21.4 Å². The summed E-state index contributed by atoms with van der Waals surface area (Å²) < 4.78 is 2.45. The molecule has 2 aromatic heterocycles. The van der Waals surface area contributed by atoms with Crippen molar-refractivity contribution in [3.05, 3.63) is 79.8 Å². The van der Waals surface area contributed by atoms with E-state index < -0.39 is 0 Å². The fraction of sp³-hybridized carbons (Fsp3) is 0.136. The Hall–Kier alpha value is -2.52. The number of carbonyl (C=O) groups is 1. The second kappa shape index (κ2) is 10.6. The molecule has 3 N–H and O–H groups in total. The van der Waals surface area contributed by atoms with Gasteiger partial charge in [0.05, 0.1) is 16.4 Å². The van der Waals surface area contributed by atoms with Crippen LogP contribution in [-0.2, 0) is 6.54 Å². The summed E-state index contributed by atoms with van der Waals surface area (Å²) in [5, 5.41) is 14.9. The molecule has 7 nitrogen and oxygen atoms in total. The minimum atomic E-state index is -0.304. The lowest BCUT2D eigenvalue weighted by atomic mass is 10.1. The van der Waals surface area contributed by atoms with Crippen molar-refractivity contribution in [2.75, 3.05) is 18.4 Å². The summed E-state index contributed by atoms with van der Waals surface area (Å²) in [4.78, 5) is 16.8. The van der Waals surface area contributed by atoms with E-state index >= 15 is 0 Å². The van der Waals surface area contributed by atoms with Gasteiger partial charge in [0, 0.05) is 46.3 Å². The van der Waals surface area contributed by atoms with E-state index in [1.165, 1.54) is 0 Å². The number of hydrogen-bond acceptors (Lipinski definition) is 4. The van der Waals surface area contributed by atoms with Crippen LogP contribution in [0.2, 0.25) is 15.1 Å². The summed E-state index contributed by atoms with van der Waals surface area (Å²) in [6.45, 7) is 1.14. The molecule has 170 valence electrons. The van der Waals surface area contributed by atoms with E-state index in [4.69, 9.17) is 34.8 Å². The molecule has 2 aromatic carbocycles. The molecule has 0 fully saturated rings. The van der Waals surface area contributed by atoms with E-state index in [0.29, 0.717) is 46.0 Å². The standard InChI is InChI=1S/C22H18BrCl3N6O/c23-16-12-30-32-20(10-19(31-21(16)32)15-3-1-2-4-17(15)25)27-7-8-28-22(33)29-11-13-5-6-14(24)9-18(13)26/h1-6,9-10,12,27H,7-8,11H2,(H2,28,29,33). The van der Waals surface area contributed by atoms with Gasteiger partial charge in [0.15, 0.2) is 5.65 Å². The lowest BCUT2D eigenvalue weighted by molar-refractivity contribution is 0.241. The van der Waals surface area contributed by atoms with Crippen LogP contribution >= 0.6 is 50.7 Å². The molecule has 0 aliphatic rings. The van der Waals surface area contributed by atoms with E-state index in [9.17, 15) is 4.79 Å². The van der Waals surface area contributed by atoms with Crippen LogP contribution in [0, 0.1) is 0 Å². The third-order valence-corrected chi connectivity index (χ3v) is 6.23. The highest BCUT2D eigenvalue weighted by atomic mass is 79.9. The fourth-order valence-electron chi connectivity index (χ4n) is 3.14. The molecule has 2 heterocycles. The zero-order valence-corrected chi connectivity index (χ0v) is 20.9. The molecule has 0 radical (unpaired) electrons. The van der Waals surface area contributed by atoms with Crippen molar-refractivity contribution in [2.24, 2.45) is 0 Å². The Morgan fingerprint density at radius 1 is 1.00 bits per heavy atom. The van der Waals surface area contributed by atoms with Crippen LogP contribution in [0.3, 0.4) is 0 Å². The molecule has 0 saturated carbocycles. The van der Waals surface area contributed by atoms with Crippen LogP contribution in [0.5, 0.6) is 0 Å². The predicted molar refractivity (Wildman–Crippen MR) is 136 cm³/mol. The van der Waals surface area contributed by atoms with E-state index in [1.54, 1.807) is 28.9 Å². The minimum absolute atomic E-state index is 0.294. The first kappa shape index (κ1) is 23.6.